The van der Waals surface area contributed by atoms with Crippen molar-refractivity contribution in [2.45, 2.75) is 11.8 Å². The normalized spacial score (nSPS) is 11.3. The number of nitrogens with zero attached hydrogens (tertiary/aromatic N) is 2. The average Bonchev–Trinajstić information content (AvgIpc) is 2.97. The zero-order valence-electron chi connectivity index (χ0n) is 13.5. The van der Waals surface area contributed by atoms with Gasteiger partial charge >= 0.3 is 0 Å². The highest BCUT2D eigenvalue weighted by Crippen LogP contribution is 2.22. The van der Waals surface area contributed by atoms with Gasteiger partial charge in [0.1, 0.15) is 4.90 Å². The Balaban J connectivity index is 1.91. The van der Waals surface area contributed by atoms with Crippen LogP contribution in [0, 0.1) is 6.92 Å². The predicted octanol–water partition coefficient (Wildman–Crippen LogP) is 3.61. The fourth-order valence-corrected chi connectivity index (χ4v) is 4.04. The number of halogens is 2. The first-order valence-corrected chi connectivity index (χ1v) is 9.67. The lowest BCUT2D eigenvalue weighted by Crippen LogP contribution is -2.31. The van der Waals surface area contributed by atoms with E-state index in [-0.39, 0.29) is 15.6 Å². The number of sulfonamides is 1. The zero-order valence-corrected chi connectivity index (χ0v) is 15.8. The molecule has 2 aromatic carbocycles. The molecule has 0 saturated heterocycles. The fraction of sp³-hybridized carbons (Fsp3) is 0.0588. The van der Waals surface area contributed by atoms with Crippen LogP contribution in [0.1, 0.15) is 16.2 Å². The van der Waals surface area contributed by atoms with Gasteiger partial charge in [0.15, 0.2) is 5.69 Å². The van der Waals surface area contributed by atoms with E-state index >= 15 is 0 Å². The Morgan fingerprint density at radius 3 is 2.31 bits per heavy atom. The monoisotopic (exact) mass is 409 g/mol. The van der Waals surface area contributed by atoms with Gasteiger partial charge in [0.25, 0.3) is 15.9 Å². The lowest BCUT2D eigenvalue weighted by atomic mass is 10.3. The van der Waals surface area contributed by atoms with Crippen molar-refractivity contribution in [2.24, 2.45) is 0 Å². The zero-order chi connectivity index (χ0) is 18.9. The molecule has 3 aromatic rings. The second kappa shape index (κ2) is 7.11. The molecule has 3 rings (SSSR count). The predicted molar refractivity (Wildman–Crippen MR) is 99.4 cm³/mol. The largest absolute Gasteiger partial charge is 0.285 e. The molecule has 0 bridgehead atoms. The van der Waals surface area contributed by atoms with Crippen molar-refractivity contribution in [1.82, 2.24) is 14.5 Å². The number of aromatic nitrogens is 2. The van der Waals surface area contributed by atoms with Crippen LogP contribution in [0.25, 0.3) is 5.69 Å². The van der Waals surface area contributed by atoms with Gasteiger partial charge < -0.3 is 0 Å². The molecule has 134 valence electrons. The summed E-state index contributed by atoms with van der Waals surface area (Å²) in [5, 5.41) is 4.64. The number of benzene rings is 2. The van der Waals surface area contributed by atoms with E-state index in [1.54, 1.807) is 37.3 Å². The van der Waals surface area contributed by atoms with Gasteiger partial charge in [-0.25, -0.2) is 17.8 Å². The highest BCUT2D eigenvalue weighted by molar-refractivity contribution is 7.90. The number of rotatable bonds is 4. The molecule has 0 unspecified atom stereocenters. The summed E-state index contributed by atoms with van der Waals surface area (Å²) in [5.41, 5.74) is 1.15. The molecule has 1 heterocycles. The molecule has 1 N–H and O–H groups in total. The molecule has 1 amide bonds. The maximum atomic E-state index is 12.4. The van der Waals surface area contributed by atoms with E-state index in [1.165, 1.54) is 28.9 Å². The third-order valence-corrected chi connectivity index (χ3v) is 5.70. The van der Waals surface area contributed by atoms with Gasteiger partial charge in [-0.15, -0.1) is 0 Å². The smallest absolute Gasteiger partial charge is 0.266 e. The van der Waals surface area contributed by atoms with Crippen LogP contribution in [0.2, 0.25) is 10.0 Å². The standard InChI is InChI=1S/C17H13Cl2N3O3S/c1-11-10-14(20-22(11)15-8-4-2-6-12(15)18)17(23)21-26(24,25)16-9-5-3-7-13(16)19/h2-10H,1H3,(H,21,23). The van der Waals surface area contributed by atoms with Crippen molar-refractivity contribution in [3.05, 3.63) is 76.0 Å². The second-order valence-corrected chi connectivity index (χ2v) is 7.86. The Morgan fingerprint density at radius 1 is 1.04 bits per heavy atom. The Hall–Kier alpha value is -2.35. The van der Waals surface area contributed by atoms with Gasteiger partial charge in [0, 0.05) is 5.69 Å². The van der Waals surface area contributed by atoms with Crippen molar-refractivity contribution in [3.63, 3.8) is 0 Å². The first-order valence-electron chi connectivity index (χ1n) is 7.43. The van der Waals surface area contributed by atoms with Crippen molar-refractivity contribution >= 4 is 39.1 Å². The summed E-state index contributed by atoms with van der Waals surface area (Å²) >= 11 is 12.1. The molecule has 0 spiro atoms. The lowest BCUT2D eigenvalue weighted by molar-refractivity contribution is 0.0976. The van der Waals surface area contributed by atoms with Crippen LogP contribution in [-0.2, 0) is 10.0 Å². The molecule has 1 aromatic heterocycles. The Labute approximate surface area is 160 Å². The molecule has 0 atom stereocenters. The van der Waals surface area contributed by atoms with Crippen LogP contribution in [0.3, 0.4) is 0 Å². The molecule has 6 nitrogen and oxygen atoms in total. The highest BCUT2D eigenvalue weighted by atomic mass is 35.5. The van der Waals surface area contributed by atoms with Crippen LogP contribution in [0.5, 0.6) is 0 Å². The van der Waals surface area contributed by atoms with Crippen LogP contribution < -0.4 is 4.72 Å². The van der Waals surface area contributed by atoms with Crippen LogP contribution in [0.4, 0.5) is 0 Å². The van der Waals surface area contributed by atoms with Gasteiger partial charge in [-0.3, -0.25) is 4.79 Å². The fourth-order valence-electron chi connectivity index (χ4n) is 2.34. The van der Waals surface area contributed by atoms with E-state index in [2.05, 4.69) is 5.10 Å². The molecular weight excluding hydrogens is 397 g/mol. The summed E-state index contributed by atoms with van der Waals surface area (Å²) in [7, 11) is -4.12. The maximum Gasteiger partial charge on any atom is 0.285 e. The van der Waals surface area contributed by atoms with Gasteiger partial charge in [0.2, 0.25) is 0 Å². The number of nitrogens with one attached hydrogen (secondary N) is 1. The van der Waals surface area contributed by atoms with Crippen LogP contribution in [0.15, 0.2) is 59.5 Å². The number of para-hydroxylation sites is 1. The molecule has 26 heavy (non-hydrogen) atoms. The van der Waals surface area contributed by atoms with E-state index in [0.717, 1.165) is 0 Å². The number of amides is 1. The van der Waals surface area contributed by atoms with Crippen LogP contribution in [-0.4, -0.2) is 24.1 Å². The van der Waals surface area contributed by atoms with E-state index in [0.29, 0.717) is 16.4 Å². The quantitative estimate of drug-likeness (QED) is 0.713. The molecule has 0 radical (unpaired) electrons. The van der Waals surface area contributed by atoms with Crippen molar-refractivity contribution in [1.29, 1.82) is 0 Å². The third-order valence-electron chi connectivity index (χ3n) is 3.55. The average molecular weight is 410 g/mol. The number of hydrogen-bond donors (Lipinski definition) is 1. The number of aryl methyl sites for hydroxylation is 1. The first kappa shape index (κ1) is 18.4. The number of hydrogen-bond acceptors (Lipinski definition) is 4. The second-order valence-electron chi connectivity index (χ2n) is 5.40. The Kier molecular flexibility index (Phi) is 5.04. The molecule has 0 saturated carbocycles. The Morgan fingerprint density at radius 2 is 1.65 bits per heavy atom. The van der Waals surface area contributed by atoms with Crippen molar-refractivity contribution in [3.8, 4) is 5.69 Å². The molecular formula is C17H13Cl2N3O3S. The summed E-state index contributed by atoms with van der Waals surface area (Å²) in [6.45, 7) is 1.73. The third kappa shape index (κ3) is 3.60. The van der Waals surface area contributed by atoms with Crippen LogP contribution >= 0.6 is 23.2 Å². The van der Waals surface area contributed by atoms with Gasteiger partial charge in [-0.1, -0.05) is 47.5 Å². The summed E-state index contributed by atoms with van der Waals surface area (Å²) in [5.74, 6) is -0.862. The van der Waals surface area contributed by atoms with E-state index in [9.17, 15) is 13.2 Å². The van der Waals surface area contributed by atoms with E-state index in [4.69, 9.17) is 23.2 Å². The Bertz CT molecular complexity index is 1090. The van der Waals surface area contributed by atoms with Gasteiger partial charge in [0.05, 0.1) is 15.7 Å². The molecule has 0 aliphatic heterocycles. The summed E-state index contributed by atoms with van der Waals surface area (Å²) in [6.07, 6.45) is 0. The number of carbonyl (C=O) groups is 1. The lowest BCUT2D eigenvalue weighted by Gasteiger charge is -2.07. The van der Waals surface area contributed by atoms with E-state index < -0.39 is 15.9 Å². The minimum atomic E-state index is -4.12. The highest BCUT2D eigenvalue weighted by Gasteiger charge is 2.23. The topological polar surface area (TPSA) is 81.1 Å². The maximum absolute atomic E-state index is 12.4. The van der Waals surface area contributed by atoms with Crippen molar-refractivity contribution < 1.29 is 13.2 Å². The van der Waals surface area contributed by atoms with Crippen molar-refractivity contribution in [2.75, 3.05) is 0 Å². The summed E-state index contributed by atoms with van der Waals surface area (Å²) in [6, 6.07) is 14.3. The number of carbonyl (C=O) groups excluding carboxylic acids is 1. The molecule has 0 aliphatic carbocycles. The minimum Gasteiger partial charge on any atom is -0.266 e. The minimum absolute atomic E-state index is 0.0191. The summed E-state index contributed by atoms with van der Waals surface area (Å²) < 4.78 is 28.2. The van der Waals surface area contributed by atoms with Gasteiger partial charge in [-0.2, -0.15) is 5.10 Å². The van der Waals surface area contributed by atoms with Gasteiger partial charge in [-0.05, 0) is 37.3 Å². The molecule has 0 aliphatic rings. The first-order chi connectivity index (χ1) is 12.3. The summed E-state index contributed by atoms with van der Waals surface area (Å²) in [4.78, 5) is 12.2. The van der Waals surface area contributed by atoms with E-state index in [1.807, 2.05) is 4.72 Å². The molecule has 0 fully saturated rings. The molecule has 9 heteroatoms. The SMILES string of the molecule is Cc1cc(C(=O)NS(=O)(=O)c2ccccc2Cl)nn1-c1ccccc1Cl.